The quantitative estimate of drug-likeness (QED) is 0.844. The first-order valence-corrected chi connectivity index (χ1v) is 8.01. The molecule has 0 amide bonds. The molecule has 0 bridgehead atoms. The summed E-state index contributed by atoms with van der Waals surface area (Å²) in [4.78, 5) is 0.151. The van der Waals surface area contributed by atoms with Crippen LogP contribution in [0.15, 0.2) is 27.6 Å². The van der Waals surface area contributed by atoms with E-state index in [2.05, 4.69) is 9.88 Å². The molecule has 0 spiro atoms. The first kappa shape index (κ1) is 15.5. The van der Waals surface area contributed by atoms with E-state index < -0.39 is 16.1 Å². The highest BCUT2D eigenvalue weighted by atomic mass is 32.2. The number of aromatic nitrogens is 1. The molecule has 1 aromatic heterocycles. The molecule has 0 aliphatic carbocycles. The second-order valence-corrected chi connectivity index (χ2v) is 6.87. The molecule has 0 radical (unpaired) electrons. The van der Waals surface area contributed by atoms with Crippen molar-refractivity contribution in [3.8, 4) is 0 Å². The van der Waals surface area contributed by atoms with Crippen molar-refractivity contribution in [3.05, 3.63) is 40.8 Å². The average Bonchev–Trinajstić information content (AvgIpc) is 2.67. The van der Waals surface area contributed by atoms with E-state index >= 15 is 0 Å². The first-order chi connectivity index (χ1) is 9.70. The predicted octanol–water partition coefficient (Wildman–Crippen LogP) is 2.22. The average molecular weight is 309 g/mol. The molecule has 114 valence electrons. The summed E-state index contributed by atoms with van der Waals surface area (Å²) in [6.45, 7) is 7.09. The van der Waals surface area contributed by atoms with Crippen LogP contribution in [0.5, 0.6) is 0 Å². The smallest absolute Gasteiger partial charge is 0.241 e. The number of nitrogen functional groups attached to an aromatic ring is 1. The SMILES string of the molecule is Cc1cc(N)cc(S(=O)(=O)NC(C)c2c(C)noc2C)c1. The lowest BCUT2D eigenvalue weighted by Gasteiger charge is -2.15. The third kappa shape index (κ3) is 3.25. The van der Waals surface area contributed by atoms with Gasteiger partial charge in [0.25, 0.3) is 0 Å². The number of sulfonamides is 1. The van der Waals surface area contributed by atoms with Crippen molar-refractivity contribution < 1.29 is 12.9 Å². The topological polar surface area (TPSA) is 98.2 Å². The van der Waals surface area contributed by atoms with Gasteiger partial charge >= 0.3 is 0 Å². The van der Waals surface area contributed by atoms with Gasteiger partial charge in [0.15, 0.2) is 0 Å². The number of nitrogens with zero attached hydrogens (tertiary/aromatic N) is 1. The molecule has 7 heteroatoms. The third-order valence-corrected chi connectivity index (χ3v) is 4.76. The van der Waals surface area contributed by atoms with Crippen LogP contribution in [-0.4, -0.2) is 13.6 Å². The zero-order valence-electron chi connectivity index (χ0n) is 12.5. The molecule has 1 unspecified atom stereocenters. The van der Waals surface area contributed by atoms with E-state index in [0.29, 0.717) is 17.1 Å². The lowest BCUT2D eigenvalue weighted by Crippen LogP contribution is -2.27. The predicted molar refractivity (Wildman–Crippen MR) is 80.3 cm³/mol. The van der Waals surface area contributed by atoms with Crippen LogP contribution in [0.3, 0.4) is 0 Å². The lowest BCUT2D eigenvalue weighted by atomic mass is 10.1. The maximum absolute atomic E-state index is 12.4. The summed E-state index contributed by atoms with van der Waals surface area (Å²) in [6.07, 6.45) is 0. The number of nitrogens with one attached hydrogen (secondary N) is 1. The molecule has 3 N–H and O–H groups in total. The Bertz CT molecular complexity index is 726. The van der Waals surface area contributed by atoms with Crippen molar-refractivity contribution in [2.24, 2.45) is 0 Å². The minimum absolute atomic E-state index is 0.151. The second-order valence-electron chi connectivity index (χ2n) is 5.16. The molecular weight excluding hydrogens is 290 g/mol. The van der Waals surface area contributed by atoms with Gasteiger partial charge in [-0.3, -0.25) is 0 Å². The van der Waals surface area contributed by atoms with Crippen LogP contribution in [-0.2, 0) is 10.0 Å². The Morgan fingerprint density at radius 3 is 2.43 bits per heavy atom. The summed E-state index contributed by atoms with van der Waals surface area (Å²) < 4.78 is 32.6. The van der Waals surface area contributed by atoms with Crippen LogP contribution in [0.2, 0.25) is 0 Å². The Hall–Kier alpha value is -1.86. The number of benzene rings is 1. The highest BCUT2D eigenvalue weighted by Gasteiger charge is 2.23. The van der Waals surface area contributed by atoms with E-state index in [9.17, 15) is 8.42 Å². The third-order valence-electron chi connectivity index (χ3n) is 3.24. The monoisotopic (exact) mass is 309 g/mol. The Balaban J connectivity index is 2.33. The number of anilines is 1. The molecule has 2 aromatic rings. The van der Waals surface area contributed by atoms with Gasteiger partial charge in [0.05, 0.1) is 10.6 Å². The van der Waals surface area contributed by atoms with Crippen LogP contribution < -0.4 is 10.5 Å². The van der Waals surface area contributed by atoms with Crippen molar-refractivity contribution in [3.63, 3.8) is 0 Å². The maximum Gasteiger partial charge on any atom is 0.241 e. The molecule has 1 aromatic carbocycles. The van der Waals surface area contributed by atoms with E-state index in [-0.39, 0.29) is 4.90 Å². The van der Waals surface area contributed by atoms with Gasteiger partial charge in [-0.1, -0.05) is 5.16 Å². The van der Waals surface area contributed by atoms with Gasteiger partial charge in [-0.2, -0.15) is 0 Å². The van der Waals surface area contributed by atoms with Crippen molar-refractivity contribution in [1.29, 1.82) is 0 Å². The largest absolute Gasteiger partial charge is 0.399 e. The van der Waals surface area contributed by atoms with E-state index in [4.69, 9.17) is 10.3 Å². The van der Waals surface area contributed by atoms with Crippen molar-refractivity contribution >= 4 is 15.7 Å². The van der Waals surface area contributed by atoms with Crippen molar-refractivity contribution in [2.45, 2.75) is 38.6 Å². The van der Waals surface area contributed by atoms with E-state index in [0.717, 1.165) is 11.1 Å². The van der Waals surface area contributed by atoms with Gasteiger partial charge in [-0.15, -0.1) is 0 Å². The number of rotatable bonds is 4. The molecule has 2 rings (SSSR count). The number of hydrogen-bond donors (Lipinski definition) is 2. The zero-order chi connectivity index (χ0) is 15.8. The van der Waals surface area contributed by atoms with Gasteiger partial charge in [0.1, 0.15) is 5.76 Å². The molecule has 0 aliphatic heterocycles. The van der Waals surface area contributed by atoms with Crippen LogP contribution >= 0.6 is 0 Å². The summed E-state index contributed by atoms with van der Waals surface area (Å²) in [5.41, 5.74) is 8.34. The summed E-state index contributed by atoms with van der Waals surface area (Å²) in [6, 6.07) is 4.30. The summed E-state index contributed by atoms with van der Waals surface area (Å²) in [7, 11) is -3.66. The Kier molecular flexibility index (Phi) is 4.06. The van der Waals surface area contributed by atoms with Crippen LogP contribution in [0.1, 0.15) is 35.5 Å². The number of aryl methyl sites for hydroxylation is 3. The standard InChI is InChI=1S/C14H19N3O3S/c1-8-5-12(15)7-13(6-8)21(18,19)17-10(3)14-9(2)16-20-11(14)4/h5-7,10,17H,15H2,1-4H3. The molecule has 0 saturated heterocycles. The van der Waals surface area contributed by atoms with Gasteiger partial charge < -0.3 is 10.3 Å². The molecule has 21 heavy (non-hydrogen) atoms. The molecule has 1 atom stereocenters. The summed E-state index contributed by atoms with van der Waals surface area (Å²) in [5.74, 6) is 0.603. The second kappa shape index (κ2) is 5.50. The van der Waals surface area contributed by atoms with Gasteiger partial charge in [-0.25, -0.2) is 13.1 Å². The Labute approximate surface area is 124 Å². The number of nitrogens with two attached hydrogens (primary N) is 1. The fraction of sp³-hybridized carbons (Fsp3) is 0.357. The molecule has 1 heterocycles. The first-order valence-electron chi connectivity index (χ1n) is 6.53. The van der Waals surface area contributed by atoms with Crippen LogP contribution in [0.4, 0.5) is 5.69 Å². The Morgan fingerprint density at radius 1 is 1.24 bits per heavy atom. The molecule has 0 fully saturated rings. The van der Waals surface area contributed by atoms with Crippen LogP contribution in [0, 0.1) is 20.8 Å². The maximum atomic E-state index is 12.4. The highest BCUT2D eigenvalue weighted by Crippen LogP contribution is 2.24. The van der Waals surface area contributed by atoms with Crippen LogP contribution in [0.25, 0.3) is 0 Å². The summed E-state index contributed by atoms with van der Waals surface area (Å²) >= 11 is 0. The Morgan fingerprint density at radius 2 is 1.90 bits per heavy atom. The highest BCUT2D eigenvalue weighted by molar-refractivity contribution is 7.89. The van der Waals surface area contributed by atoms with E-state index in [1.165, 1.54) is 6.07 Å². The number of hydrogen-bond acceptors (Lipinski definition) is 5. The van der Waals surface area contributed by atoms with Crippen molar-refractivity contribution in [2.75, 3.05) is 5.73 Å². The molecule has 0 saturated carbocycles. The molecular formula is C14H19N3O3S. The fourth-order valence-corrected chi connectivity index (χ4v) is 3.75. The summed E-state index contributed by atoms with van der Waals surface area (Å²) in [5, 5.41) is 3.84. The molecule has 0 aliphatic rings. The van der Waals surface area contributed by atoms with Gasteiger partial charge in [0.2, 0.25) is 10.0 Å². The normalized spacial score (nSPS) is 13.3. The van der Waals surface area contributed by atoms with Gasteiger partial charge in [0, 0.05) is 17.3 Å². The fourth-order valence-electron chi connectivity index (χ4n) is 2.40. The lowest BCUT2D eigenvalue weighted by molar-refractivity contribution is 0.391. The van der Waals surface area contributed by atoms with Crippen molar-refractivity contribution in [1.82, 2.24) is 9.88 Å². The zero-order valence-corrected chi connectivity index (χ0v) is 13.3. The van der Waals surface area contributed by atoms with E-state index in [1.54, 1.807) is 39.8 Å². The van der Waals surface area contributed by atoms with Gasteiger partial charge in [-0.05, 0) is 51.5 Å². The van der Waals surface area contributed by atoms with E-state index in [1.807, 2.05) is 0 Å². The molecule has 6 nitrogen and oxygen atoms in total. The minimum Gasteiger partial charge on any atom is -0.399 e. The minimum atomic E-state index is -3.66.